The molecular formula is C18H21N3O2. The minimum absolute atomic E-state index is 0.0355. The van der Waals surface area contributed by atoms with E-state index in [4.69, 9.17) is 5.73 Å². The van der Waals surface area contributed by atoms with Crippen molar-refractivity contribution in [2.24, 2.45) is 0 Å². The molecule has 0 bridgehead atoms. The molecule has 0 aliphatic carbocycles. The van der Waals surface area contributed by atoms with Crippen LogP contribution < -0.4 is 5.73 Å². The Balaban J connectivity index is 1.86. The molecule has 0 atom stereocenters. The topological polar surface area (TPSA) is 72.4 Å². The number of nitrogens with zero attached hydrogens (tertiary/aromatic N) is 2. The first kappa shape index (κ1) is 15.5. The number of nitro benzene ring substituents is 1. The number of fused-ring (bicyclic) bond motifs is 1. The van der Waals surface area contributed by atoms with Crippen molar-refractivity contribution in [1.29, 1.82) is 0 Å². The Kier molecular flexibility index (Phi) is 4.05. The highest BCUT2D eigenvalue weighted by atomic mass is 16.6. The quantitative estimate of drug-likeness (QED) is 0.536. The van der Waals surface area contributed by atoms with Gasteiger partial charge in [-0.1, -0.05) is 29.8 Å². The first-order valence-electron chi connectivity index (χ1n) is 7.79. The smallest absolute Gasteiger partial charge is 0.292 e. The van der Waals surface area contributed by atoms with E-state index in [0.717, 1.165) is 42.7 Å². The van der Waals surface area contributed by atoms with Crippen LogP contribution in [-0.2, 0) is 19.5 Å². The Morgan fingerprint density at radius 1 is 1.26 bits per heavy atom. The number of rotatable bonds is 3. The molecular weight excluding hydrogens is 290 g/mol. The highest BCUT2D eigenvalue weighted by Crippen LogP contribution is 2.34. The van der Waals surface area contributed by atoms with Gasteiger partial charge in [0.1, 0.15) is 5.69 Å². The molecule has 1 heterocycles. The fraction of sp³-hybridized carbons (Fsp3) is 0.333. The zero-order chi connectivity index (χ0) is 16.6. The standard InChI is InChI=1S/C18H21N3O2/c1-12-4-3-5-14(8-12)10-20-7-6-15-16(11-20)13(2)9-17(18(15)19)21(22)23/h3-5,8-9H,6-7,10-11,19H2,1-2H3. The SMILES string of the molecule is Cc1cccc(CN2CCc3c(N)c([N+](=O)[O-])cc(C)c3C2)c1. The number of nitrogens with two attached hydrogens (primary N) is 1. The van der Waals surface area contributed by atoms with Crippen molar-refractivity contribution < 1.29 is 4.92 Å². The van der Waals surface area contributed by atoms with Crippen LogP contribution in [0, 0.1) is 24.0 Å². The highest BCUT2D eigenvalue weighted by Gasteiger charge is 2.25. The molecule has 0 aromatic heterocycles. The summed E-state index contributed by atoms with van der Waals surface area (Å²) in [6.07, 6.45) is 0.759. The van der Waals surface area contributed by atoms with Crippen molar-refractivity contribution in [3.05, 3.63) is 68.3 Å². The molecule has 0 saturated heterocycles. The molecule has 1 aliphatic rings. The Bertz CT molecular complexity index is 771. The summed E-state index contributed by atoms with van der Waals surface area (Å²) in [6.45, 7) is 6.57. The normalized spacial score (nSPS) is 14.5. The van der Waals surface area contributed by atoms with Crippen LogP contribution in [0.15, 0.2) is 30.3 Å². The van der Waals surface area contributed by atoms with Gasteiger partial charge >= 0.3 is 0 Å². The lowest BCUT2D eigenvalue weighted by atomic mass is 9.92. The molecule has 0 unspecified atom stereocenters. The maximum Gasteiger partial charge on any atom is 0.292 e. The van der Waals surface area contributed by atoms with E-state index in [2.05, 4.69) is 36.1 Å². The van der Waals surface area contributed by atoms with Gasteiger partial charge in [0.05, 0.1) is 4.92 Å². The fourth-order valence-corrected chi connectivity index (χ4v) is 3.36. The van der Waals surface area contributed by atoms with E-state index >= 15 is 0 Å². The van der Waals surface area contributed by atoms with Gasteiger partial charge in [-0.3, -0.25) is 15.0 Å². The zero-order valence-corrected chi connectivity index (χ0v) is 13.5. The minimum atomic E-state index is -0.387. The second kappa shape index (κ2) is 6.01. The van der Waals surface area contributed by atoms with Crippen molar-refractivity contribution in [3.63, 3.8) is 0 Å². The van der Waals surface area contributed by atoms with Gasteiger partial charge in [0, 0.05) is 25.7 Å². The molecule has 5 heteroatoms. The third-order valence-corrected chi connectivity index (χ3v) is 4.54. The van der Waals surface area contributed by atoms with E-state index in [-0.39, 0.29) is 10.6 Å². The first-order chi connectivity index (χ1) is 11.0. The Morgan fingerprint density at radius 2 is 2.04 bits per heavy atom. The van der Waals surface area contributed by atoms with Gasteiger partial charge < -0.3 is 5.73 Å². The van der Waals surface area contributed by atoms with Crippen molar-refractivity contribution in [1.82, 2.24) is 4.90 Å². The molecule has 0 amide bonds. The maximum atomic E-state index is 11.1. The molecule has 1 aliphatic heterocycles. The lowest BCUT2D eigenvalue weighted by Crippen LogP contribution is -2.31. The van der Waals surface area contributed by atoms with Crippen LogP contribution in [0.1, 0.15) is 27.8 Å². The molecule has 120 valence electrons. The summed E-state index contributed by atoms with van der Waals surface area (Å²) in [7, 11) is 0. The van der Waals surface area contributed by atoms with Crippen LogP contribution in [0.5, 0.6) is 0 Å². The van der Waals surface area contributed by atoms with Crippen molar-refractivity contribution in [2.75, 3.05) is 12.3 Å². The average molecular weight is 311 g/mol. The van der Waals surface area contributed by atoms with Gasteiger partial charge in [-0.2, -0.15) is 0 Å². The Hall–Kier alpha value is -2.40. The third-order valence-electron chi connectivity index (χ3n) is 4.54. The number of aryl methyl sites for hydroxylation is 2. The predicted molar refractivity (Wildman–Crippen MR) is 91.2 cm³/mol. The van der Waals surface area contributed by atoms with Crippen LogP contribution in [0.25, 0.3) is 0 Å². The van der Waals surface area contributed by atoms with E-state index < -0.39 is 0 Å². The zero-order valence-electron chi connectivity index (χ0n) is 13.5. The van der Waals surface area contributed by atoms with E-state index in [1.54, 1.807) is 6.07 Å². The predicted octanol–water partition coefficient (Wildman–Crippen LogP) is 3.35. The summed E-state index contributed by atoms with van der Waals surface area (Å²) in [5, 5.41) is 11.1. The van der Waals surface area contributed by atoms with Crippen LogP contribution >= 0.6 is 0 Å². The first-order valence-corrected chi connectivity index (χ1v) is 7.79. The van der Waals surface area contributed by atoms with E-state index in [9.17, 15) is 10.1 Å². The lowest BCUT2D eigenvalue weighted by molar-refractivity contribution is -0.384. The van der Waals surface area contributed by atoms with Crippen LogP contribution in [0.2, 0.25) is 0 Å². The number of nitro groups is 1. The van der Waals surface area contributed by atoms with Gasteiger partial charge in [0.2, 0.25) is 0 Å². The largest absolute Gasteiger partial charge is 0.393 e. The molecule has 0 fully saturated rings. The molecule has 0 saturated carbocycles. The summed E-state index contributed by atoms with van der Waals surface area (Å²) in [5.41, 5.74) is 12.0. The molecule has 2 aromatic rings. The maximum absolute atomic E-state index is 11.1. The monoisotopic (exact) mass is 311 g/mol. The molecule has 3 rings (SSSR count). The highest BCUT2D eigenvalue weighted by molar-refractivity contribution is 5.68. The average Bonchev–Trinajstić information content (AvgIpc) is 2.50. The number of hydrogen-bond acceptors (Lipinski definition) is 4. The van der Waals surface area contributed by atoms with E-state index in [1.165, 1.54) is 11.1 Å². The van der Waals surface area contributed by atoms with E-state index in [0.29, 0.717) is 5.69 Å². The summed E-state index contributed by atoms with van der Waals surface area (Å²) in [4.78, 5) is 13.1. The Morgan fingerprint density at radius 3 is 2.74 bits per heavy atom. The second-order valence-electron chi connectivity index (χ2n) is 6.29. The Labute approximate surface area is 135 Å². The van der Waals surface area contributed by atoms with Gasteiger partial charge in [-0.15, -0.1) is 0 Å². The molecule has 2 aromatic carbocycles. The second-order valence-corrected chi connectivity index (χ2v) is 6.29. The molecule has 0 spiro atoms. The van der Waals surface area contributed by atoms with Gasteiger partial charge in [-0.25, -0.2) is 0 Å². The molecule has 2 N–H and O–H groups in total. The lowest BCUT2D eigenvalue weighted by Gasteiger charge is -2.30. The van der Waals surface area contributed by atoms with Crippen LogP contribution in [0.3, 0.4) is 0 Å². The van der Waals surface area contributed by atoms with Crippen LogP contribution in [-0.4, -0.2) is 16.4 Å². The van der Waals surface area contributed by atoms with Crippen molar-refractivity contribution >= 4 is 11.4 Å². The fourth-order valence-electron chi connectivity index (χ4n) is 3.36. The molecule has 0 radical (unpaired) electrons. The third kappa shape index (κ3) is 3.05. The molecule has 5 nitrogen and oxygen atoms in total. The van der Waals surface area contributed by atoms with Crippen molar-refractivity contribution in [3.8, 4) is 0 Å². The van der Waals surface area contributed by atoms with Gasteiger partial charge in [0.25, 0.3) is 5.69 Å². The van der Waals surface area contributed by atoms with Gasteiger partial charge in [0.15, 0.2) is 0 Å². The summed E-state index contributed by atoms with van der Waals surface area (Å²) >= 11 is 0. The number of benzene rings is 2. The summed E-state index contributed by atoms with van der Waals surface area (Å²) < 4.78 is 0. The minimum Gasteiger partial charge on any atom is -0.393 e. The molecule has 23 heavy (non-hydrogen) atoms. The number of hydrogen-bond donors (Lipinski definition) is 1. The van der Waals surface area contributed by atoms with E-state index in [1.807, 2.05) is 6.92 Å². The number of anilines is 1. The van der Waals surface area contributed by atoms with Crippen LogP contribution in [0.4, 0.5) is 11.4 Å². The van der Waals surface area contributed by atoms with Gasteiger partial charge in [-0.05, 0) is 42.5 Å². The number of nitrogen functional groups attached to an aromatic ring is 1. The summed E-state index contributed by atoms with van der Waals surface area (Å²) in [5.74, 6) is 0. The summed E-state index contributed by atoms with van der Waals surface area (Å²) in [6, 6.07) is 10.1. The van der Waals surface area contributed by atoms with Crippen molar-refractivity contribution in [2.45, 2.75) is 33.4 Å².